The van der Waals surface area contributed by atoms with Gasteiger partial charge in [0.15, 0.2) is 0 Å². The van der Waals surface area contributed by atoms with E-state index in [2.05, 4.69) is 9.72 Å². The van der Waals surface area contributed by atoms with Crippen molar-refractivity contribution in [1.29, 1.82) is 0 Å². The molecule has 0 amide bonds. The number of aliphatic hydroxyl groups excluding tert-OH is 1. The van der Waals surface area contributed by atoms with Crippen LogP contribution in [-0.4, -0.2) is 21.4 Å². The number of nitro groups is 1. The third kappa shape index (κ3) is 3.28. The maximum atomic E-state index is 12.0. The summed E-state index contributed by atoms with van der Waals surface area (Å²) < 4.78 is 39.4. The van der Waals surface area contributed by atoms with Crippen LogP contribution in [0.2, 0.25) is 0 Å². The Morgan fingerprint density at radius 2 is 2.18 bits per heavy atom. The van der Waals surface area contributed by atoms with Gasteiger partial charge >= 0.3 is 6.36 Å². The zero-order valence-electron chi connectivity index (χ0n) is 8.48. The molecule has 1 aromatic heterocycles. The maximum Gasteiger partial charge on any atom is 0.574 e. The van der Waals surface area contributed by atoms with Crippen molar-refractivity contribution < 1.29 is 27.9 Å². The lowest BCUT2D eigenvalue weighted by atomic mass is 10.2. The molecule has 17 heavy (non-hydrogen) atoms. The highest BCUT2D eigenvalue weighted by Crippen LogP contribution is 2.28. The second kappa shape index (κ2) is 4.53. The molecule has 0 fully saturated rings. The van der Waals surface area contributed by atoms with Gasteiger partial charge in [-0.25, -0.2) is 4.98 Å². The number of ether oxygens (including phenoxy) is 1. The van der Waals surface area contributed by atoms with E-state index in [-0.39, 0.29) is 5.56 Å². The number of aliphatic hydroxyl groups is 1. The van der Waals surface area contributed by atoms with Crippen LogP contribution in [0.3, 0.4) is 0 Å². The molecule has 0 saturated carbocycles. The van der Waals surface area contributed by atoms with Gasteiger partial charge in [0.1, 0.15) is 5.69 Å². The van der Waals surface area contributed by atoms with E-state index in [0.717, 1.165) is 6.07 Å². The number of aromatic nitrogens is 1. The zero-order valence-corrected chi connectivity index (χ0v) is 8.48. The molecule has 1 aromatic rings. The summed E-state index contributed by atoms with van der Waals surface area (Å²) in [6.07, 6.45) is -4.94. The van der Waals surface area contributed by atoms with E-state index >= 15 is 0 Å². The van der Waals surface area contributed by atoms with E-state index in [4.69, 9.17) is 5.11 Å². The highest BCUT2D eigenvalue weighted by atomic mass is 19.4. The van der Waals surface area contributed by atoms with Gasteiger partial charge < -0.3 is 9.84 Å². The van der Waals surface area contributed by atoms with Crippen LogP contribution >= 0.6 is 0 Å². The minimum absolute atomic E-state index is 0.147. The topological polar surface area (TPSA) is 85.5 Å². The average molecular weight is 252 g/mol. The number of hydrogen-bond acceptors (Lipinski definition) is 5. The third-order valence-corrected chi connectivity index (χ3v) is 1.78. The molecule has 0 bridgehead atoms. The summed E-state index contributed by atoms with van der Waals surface area (Å²) in [4.78, 5) is 12.9. The maximum absolute atomic E-state index is 12.0. The highest BCUT2D eigenvalue weighted by Gasteiger charge is 2.33. The lowest BCUT2D eigenvalue weighted by molar-refractivity contribution is -0.386. The van der Waals surface area contributed by atoms with Gasteiger partial charge in [0.2, 0.25) is 5.88 Å². The molecule has 6 nitrogen and oxygen atoms in total. The van der Waals surface area contributed by atoms with Gasteiger partial charge in [-0.05, 0) is 6.92 Å². The van der Waals surface area contributed by atoms with Crippen LogP contribution in [0, 0.1) is 17.0 Å². The van der Waals surface area contributed by atoms with Crippen molar-refractivity contribution in [2.45, 2.75) is 19.9 Å². The van der Waals surface area contributed by atoms with E-state index in [1.165, 1.54) is 6.92 Å². The molecular formula is C8H7F3N2O4. The van der Waals surface area contributed by atoms with Crippen molar-refractivity contribution >= 4 is 5.69 Å². The van der Waals surface area contributed by atoms with Crippen LogP contribution in [0.1, 0.15) is 11.3 Å². The second-order valence-corrected chi connectivity index (χ2v) is 3.04. The molecular weight excluding hydrogens is 245 g/mol. The smallest absolute Gasteiger partial charge is 0.390 e. The van der Waals surface area contributed by atoms with E-state index in [0.29, 0.717) is 0 Å². The molecule has 94 valence electrons. The number of hydrogen-bond donors (Lipinski definition) is 1. The molecule has 0 spiro atoms. The van der Waals surface area contributed by atoms with Crippen LogP contribution in [0.15, 0.2) is 6.07 Å². The van der Waals surface area contributed by atoms with Crippen LogP contribution < -0.4 is 4.74 Å². The number of halogens is 3. The largest absolute Gasteiger partial charge is 0.574 e. The van der Waals surface area contributed by atoms with Crippen molar-refractivity contribution in [3.8, 4) is 5.88 Å². The van der Waals surface area contributed by atoms with Crippen LogP contribution in [0.4, 0.5) is 18.9 Å². The van der Waals surface area contributed by atoms with E-state index in [1.54, 1.807) is 0 Å². The third-order valence-electron chi connectivity index (χ3n) is 1.78. The molecule has 0 aliphatic carbocycles. The summed E-state index contributed by atoms with van der Waals surface area (Å²) in [7, 11) is 0. The quantitative estimate of drug-likeness (QED) is 0.653. The fraction of sp³-hybridized carbons (Fsp3) is 0.375. The SMILES string of the molecule is Cc1cc([N+](=O)[O-])c(CO)nc1OC(F)(F)F. The van der Waals surface area contributed by atoms with Gasteiger partial charge in [0, 0.05) is 11.6 Å². The lowest BCUT2D eigenvalue weighted by Crippen LogP contribution is -2.19. The summed E-state index contributed by atoms with van der Waals surface area (Å²) in [5, 5.41) is 19.3. The summed E-state index contributed by atoms with van der Waals surface area (Å²) in [6, 6.07) is 0.861. The lowest BCUT2D eigenvalue weighted by Gasteiger charge is -2.11. The Kier molecular flexibility index (Phi) is 3.51. The summed E-state index contributed by atoms with van der Waals surface area (Å²) in [6.45, 7) is 0.326. The first-order valence-electron chi connectivity index (χ1n) is 4.26. The molecule has 1 rings (SSSR count). The molecule has 9 heteroatoms. The molecule has 0 aliphatic heterocycles. The molecule has 1 N–H and O–H groups in total. The number of alkyl halides is 3. The fourth-order valence-electron chi connectivity index (χ4n) is 1.11. The van der Waals surface area contributed by atoms with Crippen molar-refractivity contribution in [1.82, 2.24) is 4.98 Å². The first-order chi connectivity index (χ1) is 7.74. The first kappa shape index (κ1) is 13.2. The number of pyridine rings is 1. The molecule has 0 saturated heterocycles. The number of aryl methyl sites for hydroxylation is 1. The summed E-state index contributed by atoms with van der Waals surface area (Å²) in [5.74, 6) is -0.813. The Bertz CT molecular complexity index is 447. The zero-order chi connectivity index (χ0) is 13.2. The summed E-state index contributed by atoms with van der Waals surface area (Å²) in [5.41, 5.74) is -1.19. The van der Waals surface area contributed by atoms with Crippen molar-refractivity contribution in [2.24, 2.45) is 0 Å². The normalized spacial score (nSPS) is 11.4. The van der Waals surface area contributed by atoms with Gasteiger partial charge in [-0.3, -0.25) is 10.1 Å². The highest BCUT2D eigenvalue weighted by molar-refractivity contribution is 5.42. The number of nitrogens with zero attached hydrogens (tertiary/aromatic N) is 2. The Morgan fingerprint density at radius 3 is 2.59 bits per heavy atom. The van der Waals surface area contributed by atoms with Crippen LogP contribution in [0.5, 0.6) is 5.88 Å². The van der Waals surface area contributed by atoms with Gasteiger partial charge in [0.05, 0.1) is 11.5 Å². The van der Waals surface area contributed by atoms with Gasteiger partial charge in [-0.15, -0.1) is 13.2 Å². The predicted molar refractivity (Wildman–Crippen MR) is 48.2 cm³/mol. The Hall–Kier alpha value is -1.90. The van der Waals surface area contributed by atoms with Crippen LogP contribution in [0.25, 0.3) is 0 Å². The molecule has 0 aromatic carbocycles. The van der Waals surface area contributed by atoms with Crippen LogP contribution in [-0.2, 0) is 6.61 Å². The fourth-order valence-corrected chi connectivity index (χ4v) is 1.11. The average Bonchev–Trinajstić information content (AvgIpc) is 2.18. The van der Waals surface area contributed by atoms with Gasteiger partial charge in [-0.2, -0.15) is 0 Å². The van der Waals surface area contributed by atoms with Gasteiger partial charge in [-0.1, -0.05) is 0 Å². The summed E-state index contributed by atoms with van der Waals surface area (Å²) >= 11 is 0. The number of rotatable bonds is 3. The predicted octanol–water partition coefficient (Wildman–Crippen LogP) is 1.69. The minimum atomic E-state index is -4.94. The Labute approximate surface area is 92.8 Å². The standard InChI is InChI=1S/C8H7F3N2O4/c1-4-2-6(13(15)16)5(3-14)12-7(4)17-8(9,10)11/h2,14H,3H2,1H3. The van der Waals surface area contributed by atoms with E-state index in [9.17, 15) is 23.3 Å². The van der Waals surface area contributed by atoms with Gasteiger partial charge in [0.25, 0.3) is 5.69 Å². The van der Waals surface area contributed by atoms with Crippen molar-refractivity contribution in [2.75, 3.05) is 0 Å². The molecule has 0 unspecified atom stereocenters. The first-order valence-corrected chi connectivity index (χ1v) is 4.26. The van der Waals surface area contributed by atoms with E-state index in [1.807, 2.05) is 0 Å². The molecule has 0 radical (unpaired) electrons. The molecule has 0 atom stereocenters. The molecule has 1 heterocycles. The Balaban J connectivity index is 3.23. The molecule has 0 aliphatic rings. The monoisotopic (exact) mass is 252 g/mol. The van der Waals surface area contributed by atoms with Crippen molar-refractivity contribution in [3.63, 3.8) is 0 Å². The second-order valence-electron chi connectivity index (χ2n) is 3.04. The minimum Gasteiger partial charge on any atom is -0.390 e. The van der Waals surface area contributed by atoms with E-state index < -0.39 is 35.2 Å². The Morgan fingerprint density at radius 1 is 1.59 bits per heavy atom. The van der Waals surface area contributed by atoms with Crippen molar-refractivity contribution in [3.05, 3.63) is 27.4 Å².